The van der Waals surface area contributed by atoms with E-state index in [4.69, 9.17) is 5.84 Å². The van der Waals surface area contributed by atoms with Crippen molar-refractivity contribution in [2.45, 2.75) is 17.3 Å². The summed E-state index contributed by atoms with van der Waals surface area (Å²) in [6.07, 6.45) is 0. The van der Waals surface area contributed by atoms with Gasteiger partial charge in [-0.1, -0.05) is 42.1 Å². The number of rotatable bonds is 5. The summed E-state index contributed by atoms with van der Waals surface area (Å²) < 4.78 is 15.1. The zero-order valence-electron chi connectivity index (χ0n) is 13.4. The first kappa shape index (κ1) is 17.0. The van der Waals surface area contributed by atoms with Crippen LogP contribution in [0.2, 0.25) is 0 Å². The van der Waals surface area contributed by atoms with Crippen LogP contribution in [-0.4, -0.2) is 26.0 Å². The number of nitrogen functional groups attached to an aromatic ring is 1. The number of nitrogens with zero attached hydrogens (tertiary/aromatic N) is 3. The Morgan fingerprint density at radius 2 is 1.84 bits per heavy atom. The Bertz CT molecular complexity index is 884. The molecule has 0 aliphatic carbocycles. The van der Waals surface area contributed by atoms with Gasteiger partial charge in [0.05, 0.1) is 10.8 Å². The molecule has 25 heavy (non-hydrogen) atoms. The van der Waals surface area contributed by atoms with E-state index in [-0.39, 0.29) is 17.3 Å². The van der Waals surface area contributed by atoms with Crippen LogP contribution in [0.25, 0.3) is 11.4 Å². The van der Waals surface area contributed by atoms with Crippen molar-refractivity contribution in [3.8, 4) is 11.4 Å². The van der Waals surface area contributed by atoms with Crippen molar-refractivity contribution in [2.75, 3.05) is 11.2 Å². The predicted octanol–water partition coefficient (Wildman–Crippen LogP) is 2.92. The highest BCUT2D eigenvalue weighted by atomic mass is 32.2. The number of halogens is 1. The number of thioether (sulfide) groups is 1. The Balaban J connectivity index is 1.73. The maximum absolute atomic E-state index is 13.9. The number of benzene rings is 2. The molecular formula is C17H16FN5OS. The Morgan fingerprint density at radius 3 is 2.56 bits per heavy atom. The molecule has 0 aliphatic rings. The third kappa shape index (κ3) is 3.80. The number of hydrogen-bond acceptors (Lipinski definition) is 5. The molecule has 1 heterocycles. The van der Waals surface area contributed by atoms with Gasteiger partial charge in [-0.25, -0.2) is 9.07 Å². The third-order valence-electron chi connectivity index (χ3n) is 3.47. The lowest BCUT2D eigenvalue weighted by Gasteiger charge is -2.11. The van der Waals surface area contributed by atoms with Gasteiger partial charge in [0, 0.05) is 5.69 Å². The van der Waals surface area contributed by atoms with Crippen LogP contribution < -0.4 is 11.2 Å². The summed E-state index contributed by atoms with van der Waals surface area (Å²) in [5, 5.41) is 10.6. The number of hydrogen-bond donors (Lipinski definition) is 2. The molecule has 0 saturated carbocycles. The number of nitrogens with one attached hydrogen (secondary N) is 1. The molecule has 0 spiro atoms. The molecule has 1 amide bonds. The maximum Gasteiger partial charge on any atom is 0.237 e. The Kier molecular flexibility index (Phi) is 4.99. The van der Waals surface area contributed by atoms with Gasteiger partial charge in [0.1, 0.15) is 5.82 Å². The van der Waals surface area contributed by atoms with Crippen LogP contribution >= 0.6 is 11.8 Å². The second kappa shape index (κ2) is 7.35. The monoisotopic (exact) mass is 357 g/mol. The third-order valence-corrected chi connectivity index (χ3v) is 4.53. The molecule has 0 fully saturated rings. The van der Waals surface area contributed by atoms with Crippen molar-refractivity contribution in [1.82, 2.24) is 14.9 Å². The van der Waals surface area contributed by atoms with Crippen LogP contribution in [0.4, 0.5) is 10.1 Å². The minimum absolute atomic E-state index is 0.188. The van der Waals surface area contributed by atoms with E-state index in [9.17, 15) is 9.18 Å². The zero-order chi connectivity index (χ0) is 17.8. The molecule has 0 bridgehead atoms. The van der Waals surface area contributed by atoms with E-state index in [1.54, 1.807) is 37.3 Å². The van der Waals surface area contributed by atoms with Gasteiger partial charge in [-0.05, 0) is 31.2 Å². The van der Waals surface area contributed by atoms with E-state index < -0.39 is 11.1 Å². The van der Waals surface area contributed by atoms with Gasteiger partial charge in [-0.3, -0.25) is 4.79 Å². The summed E-state index contributed by atoms with van der Waals surface area (Å²) in [6, 6.07) is 15.3. The topological polar surface area (TPSA) is 85.8 Å². The first-order valence-corrected chi connectivity index (χ1v) is 8.42. The molecule has 8 heteroatoms. The number of amides is 1. The zero-order valence-corrected chi connectivity index (χ0v) is 14.2. The second-order valence-corrected chi connectivity index (χ2v) is 6.58. The van der Waals surface area contributed by atoms with Gasteiger partial charge in [0.2, 0.25) is 11.1 Å². The molecule has 1 atom stereocenters. The van der Waals surface area contributed by atoms with E-state index in [0.717, 1.165) is 11.8 Å². The predicted molar refractivity (Wildman–Crippen MR) is 96.0 cm³/mol. The summed E-state index contributed by atoms with van der Waals surface area (Å²) in [7, 11) is 0. The molecule has 0 radical (unpaired) electrons. The number of para-hydroxylation sites is 1. The summed E-state index contributed by atoms with van der Waals surface area (Å²) in [4.78, 5) is 12.3. The Hall–Kier alpha value is -2.87. The maximum atomic E-state index is 13.9. The van der Waals surface area contributed by atoms with Crippen molar-refractivity contribution in [2.24, 2.45) is 0 Å². The summed E-state index contributed by atoms with van der Waals surface area (Å²) in [5.41, 5.74) is 0.965. The molecule has 0 saturated heterocycles. The van der Waals surface area contributed by atoms with E-state index >= 15 is 0 Å². The minimum atomic E-state index is -0.458. The Labute approximate surface area is 148 Å². The van der Waals surface area contributed by atoms with Crippen LogP contribution in [0.1, 0.15) is 6.92 Å². The highest BCUT2D eigenvalue weighted by Crippen LogP contribution is 2.26. The smallest absolute Gasteiger partial charge is 0.237 e. The number of anilines is 1. The molecule has 128 valence electrons. The molecule has 3 aromatic rings. The molecule has 3 N–H and O–H groups in total. The summed E-state index contributed by atoms with van der Waals surface area (Å²) in [5.74, 6) is 5.56. The van der Waals surface area contributed by atoms with Gasteiger partial charge in [-0.15, -0.1) is 10.2 Å². The van der Waals surface area contributed by atoms with E-state index in [1.807, 2.05) is 18.2 Å². The minimum Gasteiger partial charge on any atom is -0.335 e. The van der Waals surface area contributed by atoms with Gasteiger partial charge < -0.3 is 11.2 Å². The number of nitrogens with two attached hydrogens (primary N) is 1. The lowest BCUT2D eigenvalue weighted by molar-refractivity contribution is -0.115. The quantitative estimate of drug-likeness (QED) is 0.542. The van der Waals surface area contributed by atoms with Crippen LogP contribution in [0.15, 0.2) is 59.8 Å². The molecule has 3 rings (SSSR count). The van der Waals surface area contributed by atoms with Crippen LogP contribution in [0, 0.1) is 5.82 Å². The highest BCUT2D eigenvalue weighted by Gasteiger charge is 2.21. The number of carbonyl (C=O) groups excluding carboxylic acids is 1. The van der Waals surface area contributed by atoms with Crippen molar-refractivity contribution in [1.29, 1.82) is 0 Å². The fourth-order valence-corrected chi connectivity index (χ4v) is 2.93. The van der Waals surface area contributed by atoms with Gasteiger partial charge in [0.25, 0.3) is 0 Å². The standard InChI is InChI=1S/C17H16FN5OS/c1-11(16(24)20-12-7-3-2-4-8-12)25-17-22-21-15(23(17)19)13-9-5-6-10-14(13)18/h2-11H,19H2,1H3,(H,20,24)/t11-/m1/s1. The van der Waals surface area contributed by atoms with Crippen LogP contribution in [-0.2, 0) is 4.79 Å². The van der Waals surface area contributed by atoms with Crippen molar-refractivity contribution in [3.05, 3.63) is 60.4 Å². The number of aromatic nitrogens is 3. The summed E-state index contributed by atoms with van der Waals surface area (Å²) >= 11 is 1.15. The van der Waals surface area contributed by atoms with E-state index in [0.29, 0.717) is 10.8 Å². The van der Waals surface area contributed by atoms with Crippen molar-refractivity contribution >= 4 is 23.4 Å². The van der Waals surface area contributed by atoms with Crippen molar-refractivity contribution in [3.63, 3.8) is 0 Å². The molecule has 1 aromatic heterocycles. The lowest BCUT2D eigenvalue weighted by Crippen LogP contribution is -2.23. The van der Waals surface area contributed by atoms with Gasteiger partial charge in [-0.2, -0.15) is 0 Å². The molecule has 0 aliphatic heterocycles. The normalized spacial score (nSPS) is 11.9. The second-order valence-electron chi connectivity index (χ2n) is 5.27. The first-order chi connectivity index (χ1) is 12.1. The first-order valence-electron chi connectivity index (χ1n) is 7.54. The average Bonchev–Trinajstić information content (AvgIpc) is 2.97. The molecule has 0 unspecified atom stereocenters. The van der Waals surface area contributed by atoms with Crippen LogP contribution in [0.5, 0.6) is 0 Å². The summed E-state index contributed by atoms with van der Waals surface area (Å²) in [6.45, 7) is 1.74. The molecule has 2 aromatic carbocycles. The molecule has 6 nitrogen and oxygen atoms in total. The van der Waals surface area contributed by atoms with Gasteiger partial charge in [0.15, 0.2) is 5.82 Å². The molecular weight excluding hydrogens is 341 g/mol. The van der Waals surface area contributed by atoms with Gasteiger partial charge >= 0.3 is 0 Å². The largest absolute Gasteiger partial charge is 0.335 e. The fraction of sp³-hybridized carbons (Fsp3) is 0.118. The number of carbonyl (C=O) groups is 1. The van der Waals surface area contributed by atoms with Crippen molar-refractivity contribution < 1.29 is 9.18 Å². The van der Waals surface area contributed by atoms with E-state index in [2.05, 4.69) is 15.5 Å². The van der Waals surface area contributed by atoms with Crippen LogP contribution in [0.3, 0.4) is 0 Å². The van der Waals surface area contributed by atoms with E-state index in [1.165, 1.54) is 10.7 Å². The highest BCUT2D eigenvalue weighted by molar-refractivity contribution is 8.00. The SMILES string of the molecule is C[C@@H](Sc1nnc(-c2ccccc2F)n1N)C(=O)Nc1ccccc1. The lowest BCUT2D eigenvalue weighted by atomic mass is 10.2. The average molecular weight is 357 g/mol. The fourth-order valence-electron chi connectivity index (χ4n) is 2.16. The Morgan fingerprint density at radius 1 is 1.16 bits per heavy atom.